The standard InChI is InChI=1S/C12H25NOS/c1-15-11-5-4-8-13-9-10-14-12-6-2-3-7-12/h12-13H,2-11H2,1H3. The van der Waals surface area contributed by atoms with E-state index in [0.717, 1.165) is 19.7 Å². The van der Waals surface area contributed by atoms with Crippen LogP contribution in [0.3, 0.4) is 0 Å². The van der Waals surface area contributed by atoms with Gasteiger partial charge in [-0.15, -0.1) is 0 Å². The summed E-state index contributed by atoms with van der Waals surface area (Å²) in [6.07, 6.45) is 10.7. The van der Waals surface area contributed by atoms with Crippen molar-refractivity contribution in [1.29, 1.82) is 0 Å². The molecule has 1 N–H and O–H groups in total. The highest BCUT2D eigenvalue weighted by Gasteiger charge is 2.14. The lowest BCUT2D eigenvalue weighted by atomic mass is 10.3. The molecular formula is C12H25NOS. The van der Waals surface area contributed by atoms with E-state index >= 15 is 0 Å². The van der Waals surface area contributed by atoms with Crippen LogP contribution in [0.4, 0.5) is 0 Å². The molecule has 3 heteroatoms. The van der Waals surface area contributed by atoms with Gasteiger partial charge in [0.1, 0.15) is 0 Å². The number of rotatable bonds is 9. The maximum atomic E-state index is 5.76. The van der Waals surface area contributed by atoms with E-state index in [0.29, 0.717) is 6.10 Å². The summed E-state index contributed by atoms with van der Waals surface area (Å²) in [5.41, 5.74) is 0. The molecule has 0 radical (unpaired) electrons. The zero-order valence-electron chi connectivity index (χ0n) is 9.96. The number of unbranched alkanes of at least 4 members (excludes halogenated alkanes) is 1. The summed E-state index contributed by atoms with van der Waals surface area (Å²) in [5, 5.41) is 3.43. The highest BCUT2D eigenvalue weighted by atomic mass is 32.2. The van der Waals surface area contributed by atoms with Crippen LogP contribution >= 0.6 is 11.8 Å². The second-order valence-corrected chi connectivity index (χ2v) is 5.21. The summed E-state index contributed by atoms with van der Waals surface area (Å²) in [7, 11) is 0. The summed E-state index contributed by atoms with van der Waals surface area (Å²) in [5.74, 6) is 1.29. The summed E-state index contributed by atoms with van der Waals surface area (Å²) in [4.78, 5) is 0. The fourth-order valence-corrected chi connectivity index (χ4v) is 2.47. The third-order valence-corrected chi connectivity index (χ3v) is 3.58. The van der Waals surface area contributed by atoms with Crippen LogP contribution in [0.1, 0.15) is 38.5 Å². The molecular weight excluding hydrogens is 206 g/mol. The number of thioether (sulfide) groups is 1. The first-order valence-electron chi connectivity index (χ1n) is 6.24. The van der Waals surface area contributed by atoms with Crippen molar-refractivity contribution in [3.8, 4) is 0 Å². The van der Waals surface area contributed by atoms with E-state index in [9.17, 15) is 0 Å². The van der Waals surface area contributed by atoms with Gasteiger partial charge in [-0.2, -0.15) is 11.8 Å². The second-order valence-electron chi connectivity index (χ2n) is 4.23. The Labute approximate surface area is 98.5 Å². The summed E-state index contributed by atoms with van der Waals surface area (Å²) in [6, 6.07) is 0. The molecule has 0 aromatic heterocycles. The summed E-state index contributed by atoms with van der Waals surface area (Å²) < 4.78 is 5.76. The van der Waals surface area contributed by atoms with Crippen molar-refractivity contribution in [1.82, 2.24) is 5.32 Å². The molecule has 90 valence electrons. The lowest BCUT2D eigenvalue weighted by Gasteiger charge is -2.11. The fourth-order valence-electron chi connectivity index (χ4n) is 1.97. The quantitative estimate of drug-likeness (QED) is 0.617. The van der Waals surface area contributed by atoms with Gasteiger partial charge in [0.2, 0.25) is 0 Å². The van der Waals surface area contributed by atoms with Gasteiger partial charge in [-0.25, -0.2) is 0 Å². The van der Waals surface area contributed by atoms with Crippen molar-refractivity contribution in [2.75, 3.05) is 31.7 Å². The molecule has 0 bridgehead atoms. The van der Waals surface area contributed by atoms with E-state index in [1.54, 1.807) is 0 Å². The van der Waals surface area contributed by atoms with Gasteiger partial charge < -0.3 is 10.1 Å². The Morgan fingerprint density at radius 2 is 2.00 bits per heavy atom. The van der Waals surface area contributed by atoms with E-state index in [4.69, 9.17) is 4.74 Å². The van der Waals surface area contributed by atoms with Crippen LogP contribution in [-0.4, -0.2) is 37.8 Å². The predicted octanol–water partition coefficient (Wildman–Crippen LogP) is 2.68. The van der Waals surface area contributed by atoms with Crippen LogP contribution in [0.25, 0.3) is 0 Å². The molecule has 1 aliphatic carbocycles. The molecule has 0 heterocycles. The Kier molecular flexibility index (Phi) is 8.44. The number of hydrogen-bond acceptors (Lipinski definition) is 3. The van der Waals surface area contributed by atoms with Crippen LogP contribution in [0.2, 0.25) is 0 Å². The molecule has 0 aliphatic heterocycles. The van der Waals surface area contributed by atoms with Gasteiger partial charge in [0.15, 0.2) is 0 Å². The van der Waals surface area contributed by atoms with E-state index in [1.807, 2.05) is 11.8 Å². The van der Waals surface area contributed by atoms with E-state index in [1.165, 1.54) is 44.3 Å². The van der Waals surface area contributed by atoms with Crippen molar-refractivity contribution in [3.63, 3.8) is 0 Å². The van der Waals surface area contributed by atoms with E-state index in [2.05, 4.69) is 11.6 Å². The van der Waals surface area contributed by atoms with Crippen molar-refractivity contribution >= 4 is 11.8 Å². The third kappa shape index (κ3) is 7.20. The Balaban J connectivity index is 1.73. The Morgan fingerprint density at radius 3 is 2.73 bits per heavy atom. The zero-order valence-corrected chi connectivity index (χ0v) is 10.8. The minimum atomic E-state index is 0.572. The van der Waals surface area contributed by atoms with Crippen molar-refractivity contribution in [2.24, 2.45) is 0 Å². The monoisotopic (exact) mass is 231 g/mol. The SMILES string of the molecule is CSCCCCNCCOC1CCCC1. The van der Waals surface area contributed by atoms with Gasteiger partial charge in [-0.3, -0.25) is 0 Å². The minimum Gasteiger partial charge on any atom is -0.377 e. The summed E-state index contributed by atoms with van der Waals surface area (Å²) >= 11 is 1.93. The smallest absolute Gasteiger partial charge is 0.0594 e. The van der Waals surface area contributed by atoms with Gasteiger partial charge in [0.05, 0.1) is 12.7 Å². The van der Waals surface area contributed by atoms with Crippen LogP contribution < -0.4 is 5.32 Å². The van der Waals surface area contributed by atoms with Gasteiger partial charge in [-0.05, 0) is 44.2 Å². The Hall–Kier alpha value is 0.270. The molecule has 1 fully saturated rings. The number of ether oxygens (including phenoxy) is 1. The van der Waals surface area contributed by atoms with E-state index < -0.39 is 0 Å². The van der Waals surface area contributed by atoms with Crippen molar-refractivity contribution in [3.05, 3.63) is 0 Å². The van der Waals surface area contributed by atoms with E-state index in [-0.39, 0.29) is 0 Å². The van der Waals surface area contributed by atoms with Crippen LogP contribution in [0.5, 0.6) is 0 Å². The Morgan fingerprint density at radius 1 is 1.20 bits per heavy atom. The highest BCUT2D eigenvalue weighted by molar-refractivity contribution is 7.98. The predicted molar refractivity (Wildman–Crippen MR) is 68.7 cm³/mol. The second kappa shape index (κ2) is 9.49. The van der Waals surface area contributed by atoms with Crippen LogP contribution in [-0.2, 0) is 4.74 Å². The first-order valence-corrected chi connectivity index (χ1v) is 7.64. The van der Waals surface area contributed by atoms with Crippen LogP contribution in [0.15, 0.2) is 0 Å². The molecule has 0 saturated heterocycles. The number of nitrogens with one attached hydrogen (secondary N) is 1. The van der Waals surface area contributed by atoms with Gasteiger partial charge in [0.25, 0.3) is 0 Å². The molecule has 0 atom stereocenters. The molecule has 1 aliphatic rings. The van der Waals surface area contributed by atoms with Gasteiger partial charge >= 0.3 is 0 Å². The highest BCUT2D eigenvalue weighted by Crippen LogP contribution is 2.20. The largest absolute Gasteiger partial charge is 0.377 e. The minimum absolute atomic E-state index is 0.572. The molecule has 0 aromatic rings. The maximum Gasteiger partial charge on any atom is 0.0594 e. The molecule has 0 amide bonds. The first-order chi connectivity index (χ1) is 7.43. The van der Waals surface area contributed by atoms with Crippen molar-refractivity contribution < 1.29 is 4.74 Å². The fraction of sp³-hybridized carbons (Fsp3) is 1.00. The van der Waals surface area contributed by atoms with Crippen LogP contribution in [0, 0.1) is 0 Å². The molecule has 1 rings (SSSR count). The Bertz CT molecular complexity index is 138. The maximum absolute atomic E-state index is 5.76. The molecule has 0 aromatic carbocycles. The topological polar surface area (TPSA) is 21.3 Å². The normalized spacial score (nSPS) is 17.4. The van der Waals surface area contributed by atoms with Crippen molar-refractivity contribution in [2.45, 2.75) is 44.6 Å². The third-order valence-electron chi connectivity index (χ3n) is 2.89. The van der Waals surface area contributed by atoms with Gasteiger partial charge in [-0.1, -0.05) is 12.8 Å². The molecule has 0 spiro atoms. The molecule has 15 heavy (non-hydrogen) atoms. The van der Waals surface area contributed by atoms with Gasteiger partial charge in [0, 0.05) is 6.54 Å². The zero-order chi connectivity index (χ0) is 10.8. The molecule has 1 saturated carbocycles. The lowest BCUT2D eigenvalue weighted by molar-refractivity contribution is 0.0604. The lowest BCUT2D eigenvalue weighted by Crippen LogP contribution is -2.23. The molecule has 0 unspecified atom stereocenters. The average molecular weight is 231 g/mol. The number of hydrogen-bond donors (Lipinski definition) is 1. The summed E-state index contributed by atoms with van der Waals surface area (Å²) in [6.45, 7) is 3.07. The average Bonchev–Trinajstić information content (AvgIpc) is 2.75. The first kappa shape index (κ1) is 13.3. The molecule has 2 nitrogen and oxygen atoms in total.